The minimum Gasteiger partial charge on any atom is -0.392 e. The molecule has 2 aromatic rings. The van der Waals surface area contributed by atoms with Crippen LogP contribution in [0.5, 0.6) is 0 Å². The summed E-state index contributed by atoms with van der Waals surface area (Å²) in [4.78, 5) is -0.129. The first-order valence-corrected chi connectivity index (χ1v) is 7.74. The number of halogens is 2. The Balaban J connectivity index is 2.29. The average Bonchev–Trinajstić information content (AvgIpc) is 2.89. The van der Waals surface area contributed by atoms with E-state index < -0.39 is 10.0 Å². The molecule has 9 heteroatoms. The van der Waals surface area contributed by atoms with Crippen LogP contribution >= 0.6 is 23.2 Å². The number of sulfonamides is 1. The Morgan fingerprint density at radius 2 is 2.05 bits per heavy atom. The molecule has 1 aromatic heterocycles. The van der Waals surface area contributed by atoms with Gasteiger partial charge >= 0.3 is 0 Å². The largest absolute Gasteiger partial charge is 0.392 e. The van der Waals surface area contributed by atoms with Gasteiger partial charge < -0.3 is 5.11 Å². The molecule has 0 saturated carbocycles. The van der Waals surface area contributed by atoms with Crippen LogP contribution in [-0.4, -0.2) is 23.7 Å². The minimum atomic E-state index is -3.81. The maximum atomic E-state index is 12.2. The molecule has 0 aliphatic heterocycles. The second-order valence-electron chi connectivity index (χ2n) is 3.96. The summed E-state index contributed by atoms with van der Waals surface area (Å²) in [6.45, 7) is -0.299. The number of aliphatic hydroxyl groups excluding tert-OH is 1. The molecule has 0 aliphatic rings. The fraction of sp³-hybridized carbons (Fsp3) is 0.182. The zero-order valence-electron chi connectivity index (χ0n) is 10.1. The lowest BCUT2D eigenvalue weighted by Crippen LogP contribution is -2.23. The van der Waals surface area contributed by atoms with Crippen LogP contribution in [0.25, 0.3) is 0 Å². The molecule has 0 amide bonds. The van der Waals surface area contributed by atoms with Gasteiger partial charge in [0, 0.05) is 23.3 Å². The summed E-state index contributed by atoms with van der Waals surface area (Å²) < 4.78 is 26.7. The Labute approximate surface area is 125 Å². The number of rotatable bonds is 5. The van der Waals surface area contributed by atoms with Crippen molar-refractivity contribution in [1.82, 2.24) is 14.9 Å². The van der Waals surface area contributed by atoms with Crippen molar-refractivity contribution in [3.05, 3.63) is 45.7 Å². The Morgan fingerprint density at radius 3 is 2.65 bits per heavy atom. The number of hydrogen-bond acceptors (Lipinski definition) is 4. The summed E-state index contributed by atoms with van der Waals surface area (Å²) in [5.74, 6) is 0. The zero-order valence-corrected chi connectivity index (χ0v) is 12.4. The molecule has 0 atom stereocenters. The first-order valence-electron chi connectivity index (χ1n) is 5.50. The smallest absolute Gasteiger partial charge is 0.242 e. The Kier molecular flexibility index (Phi) is 4.66. The minimum absolute atomic E-state index is 0.00751. The van der Waals surface area contributed by atoms with Crippen LogP contribution in [-0.2, 0) is 23.2 Å². The lowest BCUT2D eigenvalue weighted by Gasteiger charge is -2.10. The highest BCUT2D eigenvalue weighted by Gasteiger charge is 2.20. The van der Waals surface area contributed by atoms with E-state index in [1.165, 1.54) is 18.3 Å². The lowest BCUT2D eigenvalue weighted by molar-refractivity contribution is 0.281. The van der Waals surface area contributed by atoms with Crippen LogP contribution in [0.2, 0.25) is 10.0 Å². The van der Waals surface area contributed by atoms with Gasteiger partial charge in [-0.05, 0) is 17.7 Å². The van der Waals surface area contributed by atoms with E-state index in [1.807, 2.05) is 0 Å². The fourth-order valence-corrected chi connectivity index (χ4v) is 3.40. The van der Waals surface area contributed by atoms with Gasteiger partial charge in [0.2, 0.25) is 10.0 Å². The molecule has 0 unspecified atom stereocenters. The molecule has 1 heterocycles. The number of aromatic nitrogens is 2. The van der Waals surface area contributed by atoms with Gasteiger partial charge in [-0.1, -0.05) is 23.2 Å². The molecule has 108 valence electrons. The average molecular weight is 336 g/mol. The van der Waals surface area contributed by atoms with E-state index in [9.17, 15) is 8.42 Å². The number of benzene rings is 1. The van der Waals surface area contributed by atoms with E-state index in [0.717, 1.165) is 0 Å². The van der Waals surface area contributed by atoms with E-state index in [4.69, 9.17) is 28.3 Å². The third-order valence-corrected chi connectivity index (χ3v) is 4.80. The highest BCUT2D eigenvalue weighted by molar-refractivity contribution is 7.89. The van der Waals surface area contributed by atoms with Crippen molar-refractivity contribution >= 4 is 33.2 Å². The molecule has 0 radical (unpaired) electrons. The van der Waals surface area contributed by atoms with Gasteiger partial charge in [0.25, 0.3) is 0 Å². The topological polar surface area (TPSA) is 95.1 Å². The van der Waals surface area contributed by atoms with E-state index >= 15 is 0 Å². The van der Waals surface area contributed by atoms with E-state index in [1.54, 1.807) is 6.20 Å². The molecule has 0 aliphatic carbocycles. The quantitative estimate of drug-likeness (QED) is 0.774. The molecule has 2 rings (SSSR count). The monoisotopic (exact) mass is 335 g/mol. The highest BCUT2D eigenvalue weighted by Crippen LogP contribution is 2.28. The van der Waals surface area contributed by atoms with Crippen LogP contribution in [0, 0.1) is 0 Å². The molecule has 0 spiro atoms. The summed E-state index contributed by atoms with van der Waals surface area (Å²) in [6, 6.07) is 2.55. The van der Waals surface area contributed by atoms with Gasteiger partial charge in [-0.25, -0.2) is 13.1 Å². The van der Waals surface area contributed by atoms with Crippen molar-refractivity contribution in [1.29, 1.82) is 0 Å². The highest BCUT2D eigenvalue weighted by atomic mass is 35.5. The van der Waals surface area contributed by atoms with Gasteiger partial charge in [0.1, 0.15) is 4.90 Å². The molecular weight excluding hydrogens is 325 g/mol. The Bertz CT molecular complexity index is 702. The molecule has 0 saturated heterocycles. The summed E-state index contributed by atoms with van der Waals surface area (Å²) in [6.07, 6.45) is 3.08. The van der Waals surface area contributed by atoms with Crippen molar-refractivity contribution in [2.24, 2.45) is 0 Å². The summed E-state index contributed by atoms with van der Waals surface area (Å²) in [5, 5.41) is 15.6. The number of aromatic amines is 1. The second kappa shape index (κ2) is 6.11. The Morgan fingerprint density at radius 1 is 1.30 bits per heavy atom. The number of nitrogens with one attached hydrogen (secondary N) is 2. The molecule has 20 heavy (non-hydrogen) atoms. The fourth-order valence-electron chi connectivity index (χ4n) is 1.53. The molecule has 0 fully saturated rings. The number of H-pyrrole nitrogens is 1. The van der Waals surface area contributed by atoms with Gasteiger partial charge in [0.15, 0.2) is 0 Å². The molecule has 6 nitrogen and oxygen atoms in total. The maximum absolute atomic E-state index is 12.2. The zero-order chi connectivity index (χ0) is 14.8. The van der Waals surface area contributed by atoms with E-state index in [-0.39, 0.29) is 28.1 Å². The van der Waals surface area contributed by atoms with Gasteiger partial charge in [-0.3, -0.25) is 5.10 Å². The Hall–Kier alpha value is -1.12. The van der Waals surface area contributed by atoms with Crippen LogP contribution in [0.3, 0.4) is 0 Å². The first kappa shape index (κ1) is 15.3. The molecule has 0 bridgehead atoms. The van der Waals surface area contributed by atoms with Crippen molar-refractivity contribution < 1.29 is 13.5 Å². The predicted octanol–water partition coefficient (Wildman–Crippen LogP) is 1.69. The van der Waals surface area contributed by atoms with Crippen molar-refractivity contribution in [2.45, 2.75) is 18.0 Å². The predicted molar refractivity (Wildman–Crippen MR) is 75.0 cm³/mol. The van der Waals surface area contributed by atoms with Crippen LogP contribution in [0.1, 0.15) is 11.1 Å². The third kappa shape index (κ3) is 3.31. The summed E-state index contributed by atoms with van der Waals surface area (Å²) in [5.41, 5.74) is 0.973. The van der Waals surface area contributed by atoms with Gasteiger partial charge in [0.05, 0.1) is 17.8 Å². The van der Waals surface area contributed by atoms with Crippen LogP contribution < -0.4 is 4.72 Å². The number of nitrogens with zero attached hydrogens (tertiary/aromatic N) is 1. The molecular formula is C11H11Cl2N3O3S. The van der Waals surface area contributed by atoms with Crippen molar-refractivity contribution in [2.75, 3.05) is 0 Å². The third-order valence-electron chi connectivity index (χ3n) is 2.58. The van der Waals surface area contributed by atoms with Crippen LogP contribution in [0.4, 0.5) is 0 Å². The van der Waals surface area contributed by atoms with Crippen molar-refractivity contribution in [3.63, 3.8) is 0 Å². The first-order chi connectivity index (χ1) is 9.44. The summed E-state index contributed by atoms with van der Waals surface area (Å²) in [7, 11) is -3.81. The lowest BCUT2D eigenvalue weighted by atomic mass is 10.2. The van der Waals surface area contributed by atoms with Gasteiger partial charge in [-0.2, -0.15) is 5.10 Å². The maximum Gasteiger partial charge on any atom is 0.242 e. The van der Waals surface area contributed by atoms with E-state index in [2.05, 4.69) is 14.9 Å². The van der Waals surface area contributed by atoms with Crippen molar-refractivity contribution in [3.8, 4) is 0 Å². The van der Waals surface area contributed by atoms with Gasteiger partial charge in [-0.15, -0.1) is 0 Å². The van der Waals surface area contributed by atoms with Crippen LogP contribution in [0.15, 0.2) is 29.4 Å². The van der Waals surface area contributed by atoms with E-state index in [0.29, 0.717) is 11.1 Å². The second-order valence-corrected chi connectivity index (χ2v) is 6.51. The summed E-state index contributed by atoms with van der Waals surface area (Å²) >= 11 is 11.7. The number of hydrogen-bond donors (Lipinski definition) is 3. The molecule has 3 N–H and O–H groups in total. The number of aliphatic hydroxyl groups is 1. The normalized spacial score (nSPS) is 11.8. The standard InChI is InChI=1S/C11H11Cl2N3O3S/c12-9-2-10(13)11(1-8(9)6-17)20(18,19)16-5-7-3-14-15-4-7/h1-4,16-17H,5-6H2,(H,14,15). The molecule has 1 aromatic carbocycles. The SMILES string of the molecule is O=S(=O)(NCc1cn[nH]c1)c1cc(CO)c(Cl)cc1Cl.